The molecule has 2 aromatic rings. The highest BCUT2D eigenvalue weighted by molar-refractivity contribution is 7.71. The van der Waals surface area contributed by atoms with Gasteiger partial charge in [0.05, 0.1) is 12.0 Å². The molecule has 1 amide bonds. The lowest BCUT2D eigenvalue weighted by Gasteiger charge is -2.09. The zero-order valence-corrected chi connectivity index (χ0v) is 12.9. The van der Waals surface area contributed by atoms with Crippen LogP contribution in [-0.4, -0.2) is 23.7 Å². The molecule has 6 heteroatoms. The van der Waals surface area contributed by atoms with Gasteiger partial charge in [-0.1, -0.05) is 12.2 Å². The number of Topliss-reactive ketones (excluding diaryl/α,β-unsaturated/α-hetero) is 1. The number of aromatic amines is 1. The molecule has 0 atom stereocenters. The highest BCUT2D eigenvalue weighted by atomic mass is 32.1. The molecule has 110 valence electrons. The van der Waals surface area contributed by atoms with Crippen molar-refractivity contribution in [3.8, 4) is 0 Å². The number of aromatic nitrogens is 1. The third-order valence-corrected chi connectivity index (χ3v) is 3.36. The third kappa shape index (κ3) is 3.28. The fourth-order valence-corrected chi connectivity index (χ4v) is 2.46. The summed E-state index contributed by atoms with van der Waals surface area (Å²) < 4.78 is 5.67. The number of H-pyrrole nitrogens is 1. The van der Waals surface area contributed by atoms with Crippen molar-refractivity contribution in [3.05, 3.63) is 51.2 Å². The molecular weight excluding hydrogens is 288 g/mol. The van der Waals surface area contributed by atoms with Crippen LogP contribution >= 0.6 is 12.2 Å². The molecule has 21 heavy (non-hydrogen) atoms. The van der Waals surface area contributed by atoms with Crippen LogP contribution in [0.15, 0.2) is 22.6 Å². The molecule has 0 spiro atoms. The number of carbonyl (C=O) groups is 2. The summed E-state index contributed by atoms with van der Waals surface area (Å²) >= 11 is 5.17. The Kier molecular flexibility index (Phi) is 4.37. The minimum absolute atomic E-state index is 0.0933. The first kappa shape index (κ1) is 15.2. The van der Waals surface area contributed by atoms with E-state index in [1.165, 1.54) is 7.05 Å². The Balaban J connectivity index is 2.44. The van der Waals surface area contributed by atoms with E-state index < -0.39 is 0 Å². The number of nitrogens with one attached hydrogen (secondary N) is 2. The number of rotatable bonds is 4. The Hall–Kier alpha value is -2.21. The highest BCUT2D eigenvalue weighted by Crippen LogP contribution is 2.16. The summed E-state index contributed by atoms with van der Waals surface area (Å²) in [5.74, 6) is 0.726. The van der Waals surface area contributed by atoms with E-state index >= 15 is 0 Å². The molecule has 0 saturated carbocycles. The lowest BCUT2D eigenvalue weighted by molar-refractivity contribution is 0.0938. The zero-order chi connectivity index (χ0) is 15.6. The monoisotopic (exact) mass is 304 g/mol. The summed E-state index contributed by atoms with van der Waals surface area (Å²) in [4.78, 5) is 27.3. The van der Waals surface area contributed by atoms with Gasteiger partial charge in [-0.3, -0.25) is 9.59 Å². The number of carbonyl (C=O) groups excluding carboxylic acids is 2. The van der Waals surface area contributed by atoms with Crippen LogP contribution in [0.5, 0.6) is 0 Å². The maximum Gasteiger partial charge on any atom is 0.254 e. The maximum absolute atomic E-state index is 12.5. The Morgan fingerprint density at radius 1 is 1.33 bits per heavy atom. The van der Waals surface area contributed by atoms with E-state index in [4.69, 9.17) is 16.6 Å². The van der Waals surface area contributed by atoms with Crippen LogP contribution in [0.25, 0.3) is 0 Å². The summed E-state index contributed by atoms with van der Waals surface area (Å²) in [6.07, 6.45) is 0.0933. The predicted octanol–water partition coefficient (Wildman–Crippen LogP) is 2.74. The Labute approximate surface area is 127 Å². The maximum atomic E-state index is 12.5. The van der Waals surface area contributed by atoms with E-state index in [0.717, 1.165) is 11.5 Å². The Bertz CT molecular complexity index is 759. The van der Waals surface area contributed by atoms with Crippen LogP contribution in [0.4, 0.5) is 0 Å². The first-order valence-corrected chi connectivity index (χ1v) is 6.87. The quantitative estimate of drug-likeness (QED) is 0.673. The van der Waals surface area contributed by atoms with Crippen molar-refractivity contribution < 1.29 is 14.0 Å². The van der Waals surface area contributed by atoms with Gasteiger partial charge in [0.1, 0.15) is 16.2 Å². The summed E-state index contributed by atoms with van der Waals surface area (Å²) in [6.45, 7) is 3.60. The van der Waals surface area contributed by atoms with Crippen LogP contribution < -0.4 is 5.32 Å². The van der Waals surface area contributed by atoms with Crippen molar-refractivity contribution in [2.45, 2.75) is 20.3 Å². The third-order valence-electron chi connectivity index (χ3n) is 3.05. The summed E-state index contributed by atoms with van der Waals surface area (Å²) in [5, 5.41) is 2.50. The molecule has 0 unspecified atom stereocenters. The molecular formula is C15H16N2O3S. The molecule has 2 N–H and O–H groups in total. The number of furan rings is 1. The number of hydrogen-bond acceptors (Lipinski definition) is 4. The number of amides is 1. The van der Waals surface area contributed by atoms with Gasteiger partial charge in [-0.15, -0.1) is 0 Å². The molecule has 0 radical (unpaired) electrons. The molecule has 0 aromatic carbocycles. The number of pyridine rings is 1. The van der Waals surface area contributed by atoms with Gasteiger partial charge in [-0.25, -0.2) is 0 Å². The zero-order valence-electron chi connectivity index (χ0n) is 12.1. The summed E-state index contributed by atoms with van der Waals surface area (Å²) in [7, 11) is 1.50. The van der Waals surface area contributed by atoms with Gasteiger partial charge >= 0.3 is 0 Å². The van der Waals surface area contributed by atoms with Gasteiger partial charge in [0.15, 0.2) is 5.78 Å². The topological polar surface area (TPSA) is 75.1 Å². The first-order valence-electron chi connectivity index (χ1n) is 6.47. The van der Waals surface area contributed by atoms with Crippen LogP contribution in [-0.2, 0) is 6.42 Å². The summed E-state index contributed by atoms with van der Waals surface area (Å²) in [6, 6.07) is 5.19. The molecule has 5 nitrogen and oxygen atoms in total. The number of aryl methyl sites for hydroxylation is 2. The van der Waals surface area contributed by atoms with Gasteiger partial charge in [-0.2, -0.15) is 0 Å². The van der Waals surface area contributed by atoms with E-state index in [2.05, 4.69) is 10.3 Å². The molecule has 0 aliphatic heterocycles. The molecule has 2 aromatic heterocycles. The van der Waals surface area contributed by atoms with Gasteiger partial charge in [0.2, 0.25) is 0 Å². The van der Waals surface area contributed by atoms with Crippen molar-refractivity contribution in [2.24, 2.45) is 0 Å². The second kappa shape index (κ2) is 6.05. The molecule has 2 heterocycles. The van der Waals surface area contributed by atoms with E-state index in [9.17, 15) is 9.59 Å². The fraction of sp³-hybridized carbons (Fsp3) is 0.267. The van der Waals surface area contributed by atoms with E-state index in [-0.39, 0.29) is 28.3 Å². The van der Waals surface area contributed by atoms with Crippen LogP contribution in [0.2, 0.25) is 0 Å². The van der Waals surface area contributed by atoms with E-state index in [0.29, 0.717) is 11.3 Å². The van der Waals surface area contributed by atoms with E-state index in [1.54, 1.807) is 25.1 Å². The summed E-state index contributed by atoms with van der Waals surface area (Å²) in [5.41, 5.74) is 1.24. The lowest BCUT2D eigenvalue weighted by atomic mass is 10.0. The second-order valence-corrected chi connectivity index (χ2v) is 5.17. The van der Waals surface area contributed by atoms with E-state index in [1.807, 2.05) is 6.92 Å². The van der Waals surface area contributed by atoms with Crippen molar-refractivity contribution in [3.63, 3.8) is 0 Å². The predicted molar refractivity (Wildman–Crippen MR) is 81.2 cm³/mol. The van der Waals surface area contributed by atoms with Crippen molar-refractivity contribution in [1.82, 2.24) is 10.3 Å². The second-order valence-electron chi connectivity index (χ2n) is 4.76. The average Bonchev–Trinajstić information content (AvgIpc) is 2.82. The lowest BCUT2D eigenvalue weighted by Crippen LogP contribution is -2.23. The molecule has 2 rings (SSSR count). The molecule has 0 bridgehead atoms. The minimum atomic E-state index is -0.379. The highest BCUT2D eigenvalue weighted by Gasteiger charge is 2.20. The fourth-order valence-electron chi connectivity index (χ4n) is 2.09. The van der Waals surface area contributed by atoms with Gasteiger partial charge in [-0.05, 0) is 32.0 Å². The normalized spacial score (nSPS) is 10.4. The average molecular weight is 304 g/mol. The van der Waals surface area contributed by atoms with Crippen molar-refractivity contribution in [2.75, 3.05) is 7.05 Å². The van der Waals surface area contributed by atoms with Crippen molar-refractivity contribution in [1.29, 1.82) is 0 Å². The molecule has 0 saturated heterocycles. The minimum Gasteiger partial charge on any atom is -0.466 e. The molecule has 0 aliphatic carbocycles. The Morgan fingerprint density at radius 3 is 2.62 bits per heavy atom. The van der Waals surface area contributed by atoms with Crippen LogP contribution in [0.1, 0.15) is 37.9 Å². The largest absolute Gasteiger partial charge is 0.466 e. The van der Waals surface area contributed by atoms with Crippen LogP contribution in [0.3, 0.4) is 0 Å². The van der Waals surface area contributed by atoms with Crippen molar-refractivity contribution >= 4 is 23.9 Å². The smallest absolute Gasteiger partial charge is 0.254 e. The first-order chi connectivity index (χ1) is 9.92. The van der Waals surface area contributed by atoms with Gasteiger partial charge < -0.3 is 14.7 Å². The standard InChI is InChI=1S/C15H16N2O3S/c1-8-6-11(13(14(19)16-3)15(21)17-8)12(18)7-10-5-4-9(2)20-10/h4-6H,7H2,1-3H3,(H,16,19)(H,17,21). The van der Waals surface area contributed by atoms with Gasteiger partial charge in [0.25, 0.3) is 5.91 Å². The van der Waals surface area contributed by atoms with Crippen LogP contribution in [0, 0.1) is 18.5 Å². The van der Waals surface area contributed by atoms with Gasteiger partial charge in [0, 0.05) is 18.3 Å². The number of ketones is 1. The SMILES string of the molecule is CNC(=O)c1c(C(=O)Cc2ccc(C)o2)cc(C)[nH]c1=S. The molecule has 0 aliphatic rings. The number of hydrogen-bond donors (Lipinski definition) is 2. The molecule has 0 fully saturated rings. The Morgan fingerprint density at radius 2 is 2.05 bits per heavy atom.